The standard InChI is InChI=1S/C26H31NO6S/c1-31-25(28)26(15-4-5-16-26)32-22-10-8-20(9-11-22)7-3-6-17-27-18-14-21-19-23(12-13-24(21)27)33-34(2,29)30/h8-14,18-19H,3-7,15-17H2,1-2H3. The van der Waals surface area contributed by atoms with Crippen LogP contribution >= 0.6 is 0 Å². The van der Waals surface area contributed by atoms with E-state index < -0.39 is 15.7 Å². The van der Waals surface area contributed by atoms with Gasteiger partial charge in [-0.2, -0.15) is 8.42 Å². The number of unbranched alkanes of at least 4 members (excludes halogenated alkanes) is 1. The third-order valence-corrected chi connectivity index (χ3v) is 6.80. The molecular weight excluding hydrogens is 454 g/mol. The maximum Gasteiger partial charge on any atom is 0.350 e. The van der Waals surface area contributed by atoms with Crippen LogP contribution in [0.3, 0.4) is 0 Å². The van der Waals surface area contributed by atoms with E-state index in [4.69, 9.17) is 13.7 Å². The Kier molecular flexibility index (Phi) is 7.16. The number of hydrogen-bond donors (Lipinski definition) is 0. The Morgan fingerprint density at radius 1 is 1.00 bits per heavy atom. The number of benzene rings is 2. The minimum Gasteiger partial charge on any atom is -0.476 e. The van der Waals surface area contributed by atoms with E-state index >= 15 is 0 Å². The third kappa shape index (κ3) is 5.73. The SMILES string of the molecule is COC(=O)C1(Oc2ccc(CCCCn3ccc4cc(OS(C)(=O)=O)ccc43)cc2)CCCC1. The largest absolute Gasteiger partial charge is 0.476 e. The van der Waals surface area contributed by atoms with Crippen molar-refractivity contribution in [2.75, 3.05) is 13.4 Å². The second-order valence-corrected chi connectivity index (χ2v) is 10.5. The van der Waals surface area contributed by atoms with Gasteiger partial charge in [-0.15, -0.1) is 0 Å². The molecule has 8 heteroatoms. The van der Waals surface area contributed by atoms with Crippen LogP contribution in [0.5, 0.6) is 11.5 Å². The molecule has 0 aliphatic heterocycles. The van der Waals surface area contributed by atoms with Crippen molar-refractivity contribution in [3.05, 3.63) is 60.3 Å². The first-order chi connectivity index (χ1) is 16.3. The number of rotatable bonds is 10. The second kappa shape index (κ2) is 10.1. The number of methoxy groups -OCH3 is 1. The Morgan fingerprint density at radius 2 is 1.71 bits per heavy atom. The van der Waals surface area contributed by atoms with Crippen LogP contribution in [0.2, 0.25) is 0 Å². The van der Waals surface area contributed by atoms with Gasteiger partial charge in [0.05, 0.1) is 13.4 Å². The molecule has 0 radical (unpaired) electrons. The Bertz CT molecular complexity index is 1240. The highest BCUT2D eigenvalue weighted by Gasteiger charge is 2.44. The molecule has 2 aromatic carbocycles. The quantitative estimate of drug-likeness (QED) is 0.232. The molecule has 7 nitrogen and oxygen atoms in total. The number of aromatic nitrogens is 1. The van der Waals surface area contributed by atoms with Gasteiger partial charge < -0.3 is 18.2 Å². The molecule has 0 N–H and O–H groups in total. The molecule has 0 atom stereocenters. The third-order valence-electron chi connectivity index (χ3n) is 6.31. The summed E-state index contributed by atoms with van der Waals surface area (Å²) < 4.78 is 40.9. The minimum atomic E-state index is -3.54. The zero-order valence-corrected chi connectivity index (χ0v) is 20.5. The zero-order chi connectivity index (χ0) is 24.2. The molecule has 0 unspecified atom stereocenters. The lowest BCUT2D eigenvalue weighted by Gasteiger charge is -2.27. The fourth-order valence-corrected chi connectivity index (χ4v) is 5.09. The predicted octanol–water partition coefficient (Wildman–Crippen LogP) is 4.87. The van der Waals surface area contributed by atoms with Crippen LogP contribution in [0.1, 0.15) is 44.1 Å². The van der Waals surface area contributed by atoms with E-state index in [1.165, 1.54) is 12.7 Å². The molecule has 34 heavy (non-hydrogen) atoms. The highest BCUT2D eigenvalue weighted by molar-refractivity contribution is 7.86. The van der Waals surface area contributed by atoms with E-state index in [-0.39, 0.29) is 5.97 Å². The Labute approximate surface area is 200 Å². The van der Waals surface area contributed by atoms with Crippen LogP contribution in [0.4, 0.5) is 0 Å². The molecule has 3 aromatic rings. The molecule has 0 bridgehead atoms. The second-order valence-electron chi connectivity index (χ2n) is 8.91. The number of carbonyl (C=O) groups excluding carboxylic acids is 1. The number of ether oxygens (including phenoxy) is 2. The summed E-state index contributed by atoms with van der Waals surface area (Å²) in [6.45, 7) is 0.874. The predicted molar refractivity (Wildman–Crippen MR) is 131 cm³/mol. The molecule has 1 aliphatic carbocycles. The van der Waals surface area contributed by atoms with Gasteiger partial charge in [0.2, 0.25) is 5.60 Å². The van der Waals surface area contributed by atoms with Crippen LogP contribution in [-0.4, -0.2) is 37.9 Å². The van der Waals surface area contributed by atoms with E-state index in [2.05, 4.69) is 16.7 Å². The van der Waals surface area contributed by atoms with Gasteiger partial charge in [-0.3, -0.25) is 0 Å². The number of carbonyl (C=O) groups is 1. The first-order valence-electron chi connectivity index (χ1n) is 11.6. The summed E-state index contributed by atoms with van der Waals surface area (Å²) in [5.41, 5.74) is 1.44. The smallest absolute Gasteiger partial charge is 0.350 e. The van der Waals surface area contributed by atoms with E-state index in [0.717, 1.165) is 55.8 Å². The number of aryl methyl sites for hydroxylation is 2. The summed E-state index contributed by atoms with van der Waals surface area (Å²) in [6.07, 6.45) is 9.38. The van der Waals surface area contributed by atoms with Crippen LogP contribution < -0.4 is 8.92 Å². The first kappa shape index (κ1) is 24.1. The van der Waals surface area contributed by atoms with Gasteiger partial charge in [0, 0.05) is 23.6 Å². The highest BCUT2D eigenvalue weighted by Crippen LogP contribution is 2.35. The summed E-state index contributed by atoms with van der Waals surface area (Å²) in [6, 6.07) is 15.3. The number of nitrogens with zero attached hydrogens (tertiary/aromatic N) is 1. The summed E-state index contributed by atoms with van der Waals surface area (Å²) in [4.78, 5) is 12.3. The minimum absolute atomic E-state index is 0.286. The lowest BCUT2D eigenvalue weighted by molar-refractivity contribution is -0.158. The molecule has 0 saturated heterocycles. The molecule has 1 fully saturated rings. The molecule has 1 saturated carbocycles. The average Bonchev–Trinajstić information content (AvgIpc) is 3.44. The fraction of sp³-hybridized carbons (Fsp3) is 0.423. The van der Waals surface area contributed by atoms with Crippen molar-refractivity contribution in [3.63, 3.8) is 0 Å². The molecular formula is C26H31NO6S. The molecule has 1 heterocycles. The normalized spacial score (nSPS) is 15.4. The Balaban J connectivity index is 1.29. The monoisotopic (exact) mass is 485 g/mol. The maximum atomic E-state index is 12.3. The van der Waals surface area contributed by atoms with Crippen LogP contribution in [0.25, 0.3) is 10.9 Å². The van der Waals surface area contributed by atoms with Gasteiger partial charge in [-0.05, 0) is 86.9 Å². The van der Waals surface area contributed by atoms with E-state index in [1.807, 2.05) is 30.5 Å². The van der Waals surface area contributed by atoms with Crippen molar-refractivity contribution in [2.24, 2.45) is 0 Å². The molecule has 182 valence electrons. The van der Waals surface area contributed by atoms with E-state index in [0.29, 0.717) is 24.3 Å². The first-order valence-corrected chi connectivity index (χ1v) is 13.4. The maximum absolute atomic E-state index is 12.3. The highest BCUT2D eigenvalue weighted by atomic mass is 32.2. The lowest BCUT2D eigenvalue weighted by atomic mass is 10.0. The Morgan fingerprint density at radius 3 is 2.38 bits per heavy atom. The van der Waals surface area contributed by atoms with Crippen LogP contribution in [0, 0.1) is 0 Å². The van der Waals surface area contributed by atoms with Gasteiger partial charge in [0.15, 0.2) is 0 Å². The molecule has 1 aromatic heterocycles. The Hall–Kier alpha value is -3.00. The van der Waals surface area contributed by atoms with E-state index in [9.17, 15) is 13.2 Å². The van der Waals surface area contributed by atoms with Gasteiger partial charge in [-0.1, -0.05) is 12.1 Å². The molecule has 4 rings (SSSR count). The van der Waals surface area contributed by atoms with E-state index in [1.54, 1.807) is 12.1 Å². The molecule has 1 aliphatic rings. The van der Waals surface area contributed by atoms with Crippen molar-refractivity contribution in [1.29, 1.82) is 0 Å². The summed E-state index contributed by atoms with van der Waals surface area (Å²) in [5.74, 6) is 0.741. The fourth-order valence-electron chi connectivity index (χ4n) is 4.64. The van der Waals surface area contributed by atoms with Crippen molar-refractivity contribution in [1.82, 2.24) is 4.57 Å². The number of esters is 1. The summed E-state index contributed by atoms with van der Waals surface area (Å²) in [5, 5.41) is 0.948. The van der Waals surface area contributed by atoms with Crippen molar-refractivity contribution < 1.29 is 26.9 Å². The zero-order valence-electron chi connectivity index (χ0n) is 19.7. The summed E-state index contributed by atoms with van der Waals surface area (Å²) in [7, 11) is -2.12. The topological polar surface area (TPSA) is 83.8 Å². The van der Waals surface area contributed by atoms with Crippen LogP contribution in [0.15, 0.2) is 54.7 Å². The van der Waals surface area contributed by atoms with Gasteiger partial charge >= 0.3 is 16.1 Å². The van der Waals surface area contributed by atoms with Gasteiger partial charge in [-0.25, -0.2) is 4.79 Å². The van der Waals surface area contributed by atoms with Crippen molar-refractivity contribution in [2.45, 2.75) is 57.1 Å². The molecule has 0 amide bonds. The number of fused-ring (bicyclic) bond motifs is 1. The van der Waals surface area contributed by atoms with Crippen molar-refractivity contribution >= 4 is 27.0 Å². The van der Waals surface area contributed by atoms with Crippen molar-refractivity contribution in [3.8, 4) is 11.5 Å². The molecule has 0 spiro atoms. The average molecular weight is 486 g/mol. The van der Waals surface area contributed by atoms with Gasteiger partial charge in [0.25, 0.3) is 0 Å². The lowest BCUT2D eigenvalue weighted by Crippen LogP contribution is -2.42. The van der Waals surface area contributed by atoms with Crippen LogP contribution in [-0.2, 0) is 32.6 Å². The summed E-state index contributed by atoms with van der Waals surface area (Å²) >= 11 is 0. The number of hydrogen-bond acceptors (Lipinski definition) is 6. The van der Waals surface area contributed by atoms with Gasteiger partial charge in [0.1, 0.15) is 11.5 Å².